The minimum Gasteiger partial charge on any atom is -0.507 e. The van der Waals surface area contributed by atoms with Gasteiger partial charge in [-0.1, -0.05) is 67.5 Å². The third-order valence-corrected chi connectivity index (χ3v) is 7.59. The quantitative estimate of drug-likeness (QED) is 0.201. The van der Waals surface area contributed by atoms with Crippen molar-refractivity contribution in [2.24, 2.45) is 21.8 Å². The van der Waals surface area contributed by atoms with E-state index in [9.17, 15) is 10.2 Å². The van der Waals surface area contributed by atoms with Crippen molar-refractivity contribution in [2.45, 2.75) is 92.9 Å². The zero-order chi connectivity index (χ0) is 31.0. The van der Waals surface area contributed by atoms with Crippen LogP contribution in [0.15, 0.2) is 52.4 Å². The first-order valence-electron chi connectivity index (χ1n) is 15.4. The summed E-state index contributed by atoms with van der Waals surface area (Å²) in [7, 11) is 1.62. The van der Waals surface area contributed by atoms with Gasteiger partial charge in [-0.3, -0.25) is 9.98 Å². The number of phenolic OH excluding ortho intramolecular Hbond substituents is 2. The Kier molecular flexibility index (Phi) is 11.8. The van der Waals surface area contributed by atoms with E-state index in [1.807, 2.05) is 30.3 Å². The number of rotatable bonds is 13. The molecule has 0 atom stereocenters. The second kappa shape index (κ2) is 15.0. The van der Waals surface area contributed by atoms with Crippen LogP contribution < -0.4 is 4.74 Å². The molecule has 0 saturated heterocycles. The van der Waals surface area contributed by atoms with Crippen molar-refractivity contribution < 1.29 is 14.9 Å². The van der Waals surface area contributed by atoms with Gasteiger partial charge in [-0.05, 0) is 95.9 Å². The Hall–Kier alpha value is -3.60. The predicted octanol–water partition coefficient (Wildman–Crippen LogP) is 10.0. The Morgan fingerprint density at radius 2 is 1.10 bits per heavy atom. The number of hydrogen-bond acceptors (Lipinski definition) is 5. The monoisotopic (exact) mass is 570 g/mol. The lowest BCUT2D eigenvalue weighted by Crippen LogP contribution is -1.99. The molecule has 0 aliphatic rings. The SMILES string of the molecule is COc1ccc(N=Cc2cc(CCC(C)C)cc(C(C)C)c2O)c(N=Cc2cc(CCC(C)C)cc(C(C)C)c2O)c1. The molecule has 0 fully saturated rings. The van der Waals surface area contributed by atoms with Gasteiger partial charge in [0, 0.05) is 29.6 Å². The molecule has 0 amide bonds. The van der Waals surface area contributed by atoms with E-state index in [0.29, 0.717) is 40.1 Å². The fourth-order valence-electron chi connectivity index (χ4n) is 4.89. The molecule has 3 aromatic carbocycles. The van der Waals surface area contributed by atoms with E-state index in [1.54, 1.807) is 19.5 Å². The zero-order valence-electron chi connectivity index (χ0n) is 27.0. The molecule has 0 saturated carbocycles. The second-order valence-electron chi connectivity index (χ2n) is 12.8. The summed E-state index contributed by atoms with van der Waals surface area (Å²) in [5.41, 5.74) is 6.90. The molecule has 2 N–H and O–H groups in total. The van der Waals surface area contributed by atoms with E-state index in [4.69, 9.17) is 14.7 Å². The van der Waals surface area contributed by atoms with Crippen molar-refractivity contribution in [3.63, 3.8) is 0 Å². The van der Waals surface area contributed by atoms with Crippen molar-refractivity contribution >= 4 is 23.8 Å². The van der Waals surface area contributed by atoms with Gasteiger partial charge in [-0.15, -0.1) is 0 Å². The summed E-state index contributed by atoms with van der Waals surface area (Å²) in [6.07, 6.45) is 7.51. The van der Waals surface area contributed by atoms with Gasteiger partial charge in [0.1, 0.15) is 17.2 Å². The Morgan fingerprint density at radius 3 is 1.50 bits per heavy atom. The third kappa shape index (κ3) is 8.95. The van der Waals surface area contributed by atoms with Gasteiger partial charge in [-0.25, -0.2) is 0 Å². The highest BCUT2D eigenvalue weighted by Crippen LogP contribution is 2.36. The summed E-state index contributed by atoms with van der Waals surface area (Å²) >= 11 is 0. The molecule has 3 rings (SSSR count). The average molecular weight is 571 g/mol. The molecule has 0 aromatic heterocycles. The molecule has 0 aliphatic carbocycles. The van der Waals surface area contributed by atoms with Crippen LogP contribution in [0.5, 0.6) is 17.2 Å². The van der Waals surface area contributed by atoms with Gasteiger partial charge in [0.05, 0.1) is 18.5 Å². The molecule has 0 radical (unpaired) electrons. The Labute approximate surface area is 253 Å². The Morgan fingerprint density at radius 1 is 0.643 bits per heavy atom. The lowest BCUT2D eigenvalue weighted by molar-refractivity contribution is 0.415. The summed E-state index contributed by atoms with van der Waals surface area (Å²) in [6, 6.07) is 13.9. The number of nitrogens with zero attached hydrogens (tertiary/aromatic N) is 2. The van der Waals surface area contributed by atoms with Crippen molar-refractivity contribution in [1.82, 2.24) is 0 Å². The topological polar surface area (TPSA) is 74.4 Å². The van der Waals surface area contributed by atoms with Crippen molar-refractivity contribution in [3.05, 3.63) is 75.8 Å². The normalized spacial score (nSPS) is 12.2. The first kappa shape index (κ1) is 32.9. The molecule has 0 unspecified atom stereocenters. The van der Waals surface area contributed by atoms with E-state index in [-0.39, 0.29) is 23.3 Å². The fourth-order valence-corrected chi connectivity index (χ4v) is 4.89. The number of methoxy groups -OCH3 is 1. The molecular formula is C37H50N2O3. The average Bonchev–Trinajstić information content (AvgIpc) is 2.94. The summed E-state index contributed by atoms with van der Waals surface area (Å²) in [5, 5.41) is 22.2. The van der Waals surface area contributed by atoms with Gasteiger partial charge in [0.25, 0.3) is 0 Å². The Balaban J connectivity index is 2.04. The highest BCUT2D eigenvalue weighted by molar-refractivity contribution is 5.90. The zero-order valence-corrected chi connectivity index (χ0v) is 27.0. The summed E-state index contributed by atoms with van der Waals surface area (Å²) in [5.74, 6) is 2.78. The maximum absolute atomic E-state index is 11.1. The second-order valence-corrected chi connectivity index (χ2v) is 12.8. The van der Waals surface area contributed by atoms with Crippen LogP contribution in [-0.2, 0) is 12.8 Å². The Bertz CT molecular complexity index is 1400. The van der Waals surface area contributed by atoms with Crippen molar-refractivity contribution in [2.75, 3.05) is 7.11 Å². The molecule has 42 heavy (non-hydrogen) atoms. The maximum atomic E-state index is 11.1. The van der Waals surface area contributed by atoms with Gasteiger partial charge in [0.2, 0.25) is 0 Å². The molecule has 0 spiro atoms. The van der Waals surface area contributed by atoms with Gasteiger partial charge < -0.3 is 14.9 Å². The van der Waals surface area contributed by atoms with Gasteiger partial charge in [0.15, 0.2) is 0 Å². The molecule has 0 bridgehead atoms. The summed E-state index contributed by atoms with van der Waals surface area (Å²) in [6.45, 7) is 17.3. The first-order chi connectivity index (χ1) is 19.9. The highest BCUT2D eigenvalue weighted by atomic mass is 16.5. The van der Waals surface area contributed by atoms with Crippen molar-refractivity contribution in [1.29, 1.82) is 0 Å². The van der Waals surface area contributed by atoms with Crippen LogP contribution >= 0.6 is 0 Å². The number of aliphatic imine (C=N–C) groups is 2. The van der Waals surface area contributed by atoms with Gasteiger partial charge in [-0.2, -0.15) is 0 Å². The molecule has 0 aliphatic heterocycles. The number of aromatic hydroxyl groups is 2. The lowest BCUT2D eigenvalue weighted by atomic mass is 9.93. The van der Waals surface area contributed by atoms with Crippen LogP contribution in [0.1, 0.15) is 113 Å². The number of phenols is 2. The minimum absolute atomic E-state index is 0.188. The van der Waals surface area contributed by atoms with Crippen LogP contribution in [0.2, 0.25) is 0 Å². The lowest BCUT2D eigenvalue weighted by Gasteiger charge is -2.15. The highest BCUT2D eigenvalue weighted by Gasteiger charge is 2.14. The van der Waals surface area contributed by atoms with Crippen molar-refractivity contribution in [3.8, 4) is 17.2 Å². The van der Waals surface area contributed by atoms with E-state index in [0.717, 1.165) is 36.8 Å². The molecule has 5 nitrogen and oxygen atoms in total. The number of benzene rings is 3. The van der Waals surface area contributed by atoms with E-state index >= 15 is 0 Å². The smallest absolute Gasteiger partial charge is 0.127 e. The van der Waals surface area contributed by atoms with E-state index in [1.165, 1.54) is 11.1 Å². The van der Waals surface area contributed by atoms with Crippen LogP contribution in [0.25, 0.3) is 0 Å². The van der Waals surface area contributed by atoms with Crippen LogP contribution in [-0.4, -0.2) is 29.8 Å². The predicted molar refractivity (Wildman–Crippen MR) is 178 cm³/mol. The molecule has 226 valence electrons. The molecule has 0 heterocycles. The van der Waals surface area contributed by atoms with Gasteiger partial charge >= 0.3 is 0 Å². The largest absolute Gasteiger partial charge is 0.507 e. The van der Waals surface area contributed by atoms with Crippen LogP contribution in [0.3, 0.4) is 0 Å². The summed E-state index contributed by atoms with van der Waals surface area (Å²) in [4.78, 5) is 9.57. The van der Waals surface area contributed by atoms with E-state index in [2.05, 4.69) is 67.5 Å². The third-order valence-electron chi connectivity index (χ3n) is 7.59. The number of hydrogen-bond donors (Lipinski definition) is 2. The first-order valence-corrected chi connectivity index (χ1v) is 15.4. The van der Waals surface area contributed by atoms with E-state index < -0.39 is 0 Å². The molecule has 5 heteroatoms. The number of ether oxygens (including phenoxy) is 1. The van der Waals surface area contributed by atoms with Crippen LogP contribution in [0.4, 0.5) is 11.4 Å². The maximum Gasteiger partial charge on any atom is 0.127 e. The van der Waals surface area contributed by atoms with Crippen LogP contribution in [0, 0.1) is 11.8 Å². The summed E-state index contributed by atoms with van der Waals surface area (Å²) < 4.78 is 5.48. The molecule has 3 aromatic rings. The molecular weight excluding hydrogens is 520 g/mol. The number of aryl methyl sites for hydroxylation is 2. The fraction of sp³-hybridized carbons (Fsp3) is 0.459. The minimum atomic E-state index is 0.188. The standard InChI is InChI=1S/C37H50N2O3/c1-23(2)10-12-27-16-29(36(40)32(18-27)25(5)6)21-38-34-15-14-31(42-9)20-35(34)39-22-30-17-28(13-11-24(3)4)19-33(26(7)8)37(30)41/h14-26,40-41H,10-13H2,1-9H3.